The first-order chi connectivity index (χ1) is 13.0. The highest BCUT2D eigenvalue weighted by atomic mass is 16.6. The van der Waals surface area contributed by atoms with Crippen molar-refractivity contribution >= 4 is 22.6 Å². The van der Waals surface area contributed by atoms with E-state index in [0.717, 1.165) is 0 Å². The third-order valence-electron chi connectivity index (χ3n) is 3.84. The van der Waals surface area contributed by atoms with Gasteiger partial charge in [0, 0.05) is 12.5 Å². The van der Waals surface area contributed by atoms with Gasteiger partial charge in [-0.05, 0) is 30.7 Å². The molecule has 0 saturated carbocycles. The summed E-state index contributed by atoms with van der Waals surface area (Å²) in [4.78, 5) is 40.5. The number of fused-ring (bicyclic) bond motifs is 1. The van der Waals surface area contributed by atoms with E-state index >= 15 is 0 Å². The quantitative estimate of drug-likeness (QED) is 0.371. The van der Waals surface area contributed by atoms with Crippen LogP contribution in [-0.2, 0) is 4.79 Å². The number of nitrogens with one attached hydrogen (secondary N) is 1. The van der Waals surface area contributed by atoms with E-state index in [2.05, 4.69) is 9.97 Å². The Bertz CT molecular complexity index is 1080. The lowest BCUT2D eigenvalue weighted by atomic mass is 10.1. The van der Waals surface area contributed by atoms with Crippen molar-refractivity contribution < 1.29 is 19.6 Å². The lowest BCUT2D eigenvalue weighted by Gasteiger charge is -2.09. The lowest BCUT2D eigenvalue weighted by molar-refractivity contribution is -0.384. The Labute approximate surface area is 152 Å². The van der Waals surface area contributed by atoms with Crippen LogP contribution >= 0.6 is 0 Å². The fraction of sp³-hybridized carbons (Fsp3) is 0.167. The summed E-state index contributed by atoms with van der Waals surface area (Å²) in [6.07, 6.45) is 0.256. The van der Waals surface area contributed by atoms with Gasteiger partial charge in [-0.25, -0.2) is 4.98 Å². The highest BCUT2D eigenvalue weighted by molar-refractivity contribution is 5.81. The average molecular weight is 369 g/mol. The number of ether oxygens (including phenoxy) is 1. The first-order valence-corrected chi connectivity index (χ1v) is 8.08. The van der Waals surface area contributed by atoms with Crippen LogP contribution in [0.3, 0.4) is 0 Å². The van der Waals surface area contributed by atoms with Crippen LogP contribution in [0, 0.1) is 10.1 Å². The SMILES string of the molecule is O=C(O)CCCOc1ccc([N+](=O)[O-])c(-c2nc3ccccc3c(=O)[nH]2)c1. The highest BCUT2D eigenvalue weighted by Crippen LogP contribution is 2.31. The third kappa shape index (κ3) is 4.09. The molecule has 2 N–H and O–H groups in total. The zero-order valence-electron chi connectivity index (χ0n) is 14.0. The number of nitro groups is 1. The summed E-state index contributed by atoms with van der Waals surface area (Å²) in [5.41, 5.74) is -0.110. The minimum absolute atomic E-state index is 0.0423. The second kappa shape index (κ2) is 7.65. The lowest BCUT2D eigenvalue weighted by Crippen LogP contribution is -2.10. The van der Waals surface area contributed by atoms with Gasteiger partial charge in [0.25, 0.3) is 11.2 Å². The van der Waals surface area contributed by atoms with Crippen molar-refractivity contribution in [2.24, 2.45) is 0 Å². The number of carboxylic acids is 1. The van der Waals surface area contributed by atoms with Crippen molar-refractivity contribution in [1.29, 1.82) is 0 Å². The van der Waals surface area contributed by atoms with Crippen LogP contribution in [0.4, 0.5) is 5.69 Å². The fourth-order valence-corrected chi connectivity index (χ4v) is 2.58. The van der Waals surface area contributed by atoms with Gasteiger partial charge < -0.3 is 14.8 Å². The molecule has 0 atom stereocenters. The Kier molecular flexibility index (Phi) is 5.11. The standard InChI is InChI=1S/C18H15N3O6/c22-16(23)6-3-9-27-11-7-8-15(21(25)26)13(10-11)17-19-14-5-2-1-4-12(14)18(24)20-17/h1-2,4-5,7-8,10H,3,6,9H2,(H,22,23)(H,19,20,24). The summed E-state index contributed by atoms with van der Waals surface area (Å²) < 4.78 is 5.47. The highest BCUT2D eigenvalue weighted by Gasteiger charge is 2.19. The van der Waals surface area contributed by atoms with Crippen LogP contribution in [-0.4, -0.2) is 32.6 Å². The van der Waals surface area contributed by atoms with Gasteiger partial charge in [-0.1, -0.05) is 12.1 Å². The molecule has 0 spiro atoms. The average Bonchev–Trinajstić information content (AvgIpc) is 2.65. The number of nitrogens with zero attached hydrogens (tertiary/aromatic N) is 2. The van der Waals surface area contributed by atoms with Gasteiger partial charge >= 0.3 is 5.97 Å². The van der Waals surface area contributed by atoms with Gasteiger partial charge in [0.1, 0.15) is 11.6 Å². The summed E-state index contributed by atoms with van der Waals surface area (Å²) in [6.45, 7) is 0.144. The molecule has 9 nitrogen and oxygen atoms in total. The predicted octanol–water partition coefficient (Wildman–Crippen LogP) is 2.74. The second-order valence-corrected chi connectivity index (χ2v) is 5.71. The first-order valence-electron chi connectivity index (χ1n) is 8.08. The summed E-state index contributed by atoms with van der Waals surface area (Å²) in [5.74, 6) is -0.556. The molecule has 138 valence electrons. The minimum Gasteiger partial charge on any atom is -0.494 e. The monoisotopic (exact) mass is 369 g/mol. The number of aromatic amines is 1. The van der Waals surface area contributed by atoms with E-state index in [4.69, 9.17) is 9.84 Å². The van der Waals surface area contributed by atoms with Gasteiger partial charge in [-0.3, -0.25) is 19.7 Å². The number of carboxylic acid groups (broad SMARTS) is 1. The van der Waals surface area contributed by atoms with Gasteiger partial charge in [-0.2, -0.15) is 0 Å². The Hall–Kier alpha value is -3.75. The topological polar surface area (TPSA) is 135 Å². The van der Waals surface area contributed by atoms with E-state index in [1.54, 1.807) is 24.3 Å². The van der Waals surface area contributed by atoms with E-state index < -0.39 is 16.5 Å². The first kappa shape index (κ1) is 18.1. The second-order valence-electron chi connectivity index (χ2n) is 5.71. The maximum Gasteiger partial charge on any atom is 0.303 e. The molecule has 9 heteroatoms. The van der Waals surface area contributed by atoms with Crippen molar-refractivity contribution in [3.8, 4) is 17.1 Å². The maximum atomic E-state index is 12.3. The number of H-pyrrole nitrogens is 1. The van der Waals surface area contributed by atoms with E-state index in [1.807, 2.05) is 0 Å². The van der Waals surface area contributed by atoms with Gasteiger partial charge in [0.05, 0.1) is 28.0 Å². The Morgan fingerprint density at radius 2 is 2.04 bits per heavy atom. The van der Waals surface area contributed by atoms with Gasteiger partial charge in [0.2, 0.25) is 0 Å². The number of rotatable bonds is 7. The van der Waals surface area contributed by atoms with Crippen LogP contribution in [0.5, 0.6) is 5.75 Å². The molecule has 1 heterocycles. The predicted molar refractivity (Wildman–Crippen MR) is 96.8 cm³/mol. The zero-order chi connectivity index (χ0) is 19.4. The molecule has 0 amide bonds. The van der Waals surface area contributed by atoms with Crippen LogP contribution in [0.1, 0.15) is 12.8 Å². The van der Waals surface area contributed by atoms with Gasteiger partial charge in [0.15, 0.2) is 0 Å². The molecule has 0 saturated heterocycles. The van der Waals surface area contributed by atoms with Crippen molar-refractivity contribution in [2.75, 3.05) is 6.61 Å². The van der Waals surface area contributed by atoms with Crippen molar-refractivity contribution in [3.63, 3.8) is 0 Å². The zero-order valence-corrected chi connectivity index (χ0v) is 14.0. The molecule has 0 aliphatic rings. The maximum absolute atomic E-state index is 12.3. The summed E-state index contributed by atoms with van der Waals surface area (Å²) in [6, 6.07) is 10.8. The van der Waals surface area contributed by atoms with E-state index in [-0.39, 0.29) is 30.1 Å². The molecule has 0 radical (unpaired) electrons. The van der Waals surface area contributed by atoms with Crippen LogP contribution in [0.15, 0.2) is 47.3 Å². The number of aliphatic carboxylic acids is 1. The van der Waals surface area contributed by atoms with Crippen LogP contribution in [0.25, 0.3) is 22.3 Å². The molecule has 3 rings (SSSR count). The number of benzene rings is 2. The number of hydrogen-bond acceptors (Lipinski definition) is 6. The largest absolute Gasteiger partial charge is 0.494 e. The molecule has 0 aliphatic heterocycles. The molecule has 0 fully saturated rings. The molecule has 3 aromatic rings. The minimum atomic E-state index is -0.930. The Morgan fingerprint density at radius 1 is 1.26 bits per heavy atom. The Balaban J connectivity index is 1.99. The Morgan fingerprint density at radius 3 is 2.78 bits per heavy atom. The number of aromatic nitrogens is 2. The van der Waals surface area contributed by atoms with E-state index in [0.29, 0.717) is 23.1 Å². The number of nitro benzene ring substituents is 1. The van der Waals surface area contributed by atoms with Crippen molar-refractivity contribution in [1.82, 2.24) is 9.97 Å². The third-order valence-corrected chi connectivity index (χ3v) is 3.84. The molecule has 0 aliphatic carbocycles. The summed E-state index contributed by atoms with van der Waals surface area (Å²) >= 11 is 0. The number of carbonyl (C=O) groups is 1. The molecular weight excluding hydrogens is 354 g/mol. The summed E-state index contributed by atoms with van der Waals surface area (Å²) in [5, 5.41) is 20.4. The van der Waals surface area contributed by atoms with Gasteiger partial charge in [-0.15, -0.1) is 0 Å². The van der Waals surface area contributed by atoms with Crippen LogP contribution < -0.4 is 10.3 Å². The molecule has 0 unspecified atom stereocenters. The molecule has 2 aromatic carbocycles. The number of para-hydroxylation sites is 1. The van der Waals surface area contributed by atoms with Crippen molar-refractivity contribution in [3.05, 3.63) is 62.9 Å². The fourth-order valence-electron chi connectivity index (χ4n) is 2.58. The van der Waals surface area contributed by atoms with E-state index in [9.17, 15) is 19.7 Å². The van der Waals surface area contributed by atoms with Crippen LogP contribution in [0.2, 0.25) is 0 Å². The molecule has 27 heavy (non-hydrogen) atoms. The molecule has 1 aromatic heterocycles. The molecular formula is C18H15N3O6. The number of hydrogen-bond donors (Lipinski definition) is 2. The van der Waals surface area contributed by atoms with E-state index in [1.165, 1.54) is 18.2 Å². The normalized spacial score (nSPS) is 10.7. The smallest absolute Gasteiger partial charge is 0.303 e. The van der Waals surface area contributed by atoms with Crippen molar-refractivity contribution in [2.45, 2.75) is 12.8 Å². The summed E-state index contributed by atoms with van der Waals surface area (Å²) in [7, 11) is 0. The molecule has 0 bridgehead atoms.